The van der Waals surface area contributed by atoms with Gasteiger partial charge in [-0.1, -0.05) is 18.2 Å². The average molecular weight is 328 g/mol. The zero-order valence-electron chi connectivity index (χ0n) is 13.9. The summed E-state index contributed by atoms with van der Waals surface area (Å²) in [7, 11) is 3.96. The average Bonchev–Trinajstić information content (AvgIpc) is 2.54. The van der Waals surface area contributed by atoms with Gasteiger partial charge < -0.3 is 10.0 Å². The standard InChI is InChI=1S/C19H21FN2O2/c1-21(2)17-7-3-13(4-8-17)11-22-12-15-9-16(20)6-5-14(15)10-18(22)19(23)24/h3-9,18H,10-12H2,1-2H3,(H,23,24)/t18-/m0/s1. The summed E-state index contributed by atoms with van der Waals surface area (Å²) in [6, 6.07) is 12.1. The predicted octanol–water partition coefficient (Wildman–Crippen LogP) is 2.90. The molecule has 0 saturated heterocycles. The monoisotopic (exact) mass is 328 g/mol. The summed E-state index contributed by atoms with van der Waals surface area (Å²) in [5, 5.41) is 9.56. The summed E-state index contributed by atoms with van der Waals surface area (Å²) in [5.41, 5.74) is 3.94. The van der Waals surface area contributed by atoms with E-state index in [-0.39, 0.29) is 5.82 Å². The van der Waals surface area contributed by atoms with Gasteiger partial charge in [0.25, 0.3) is 0 Å². The number of hydrogen-bond acceptors (Lipinski definition) is 3. The Labute approximate surface area is 141 Å². The molecular weight excluding hydrogens is 307 g/mol. The van der Waals surface area contributed by atoms with Crippen LogP contribution < -0.4 is 4.90 Å². The maximum atomic E-state index is 13.5. The molecule has 2 aromatic rings. The van der Waals surface area contributed by atoms with Crippen LogP contribution in [0, 0.1) is 5.82 Å². The zero-order valence-corrected chi connectivity index (χ0v) is 13.9. The van der Waals surface area contributed by atoms with E-state index in [2.05, 4.69) is 0 Å². The molecule has 0 saturated carbocycles. The van der Waals surface area contributed by atoms with Gasteiger partial charge in [-0.3, -0.25) is 9.69 Å². The number of halogens is 1. The van der Waals surface area contributed by atoms with Crippen molar-refractivity contribution in [3.05, 3.63) is 65.0 Å². The Kier molecular flexibility index (Phi) is 4.53. The van der Waals surface area contributed by atoms with Crippen molar-refractivity contribution >= 4 is 11.7 Å². The van der Waals surface area contributed by atoms with E-state index in [1.807, 2.05) is 48.2 Å². The molecule has 5 heteroatoms. The molecular formula is C19H21FN2O2. The highest BCUT2D eigenvalue weighted by Crippen LogP contribution is 2.26. The Hall–Kier alpha value is -2.40. The van der Waals surface area contributed by atoms with E-state index in [9.17, 15) is 14.3 Å². The van der Waals surface area contributed by atoms with Crippen LogP contribution in [0.2, 0.25) is 0 Å². The first-order valence-corrected chi connectivity index (χ1v) is 7.94. The number of fused-ring (bicyclic) bond motifs is 1. The summed E-state index contributed by atoms with van der Waals surface area (Å²) < 4.78 is 13.5. The Bertz CT molecular complexity index is 744. The molecule has 126 valence electrons. The molecule has 0 aliphatic carbocycles. The highest BCUT2D eigenvalue weighted by Gasteiger charge is 2.31. The lowest BCUT2D eigenvalue weighted by Gasteiger charge is -2.34. The van der Waals surface area contributed by atoms with Gasteiger partial charge in [-0.2, -0.15) is 0 Å². The molecule has 0 unspecified atom stereocenters. The van der Waals surface area contributed by atoms with Gasteiger partial charge >= 0.3 is 5.97 Å². The van der Waals surface area contributed by atoms with Crippen LogP contribution in [0.25, 0.3) is 0 Å². The molecule has 0 aromatic heterocycles. The maximum Gasteiger partial charge on any atom is 0.321 e. The van der Waals surface area contributed by atoms with E-state index in [1.165, 1.54) is 12.1 Å². The SMILES string of the molecule is CN(C)c1ccc(CN2Cc3cc(F)ccc3C[C@H]2C(=O)O)cc1. The Morgan fingerprint density at radius 1 is 1.21 bits per heavy atom. The number of rotatable bonds is 4. The van der Waals surface area contributed by atoms with Gasteiger partial charge in [-0.15, -0.1) is 0 Å². The van der Waals surface area contributed by atoms with Crippen LogP contribution in [0.15, 0.2) is 42.5 Å². The Morgan fingerprint density at radius 2 is 1.92 bits per heavy atom. The van der Waals surface area contributed by atoms with Crippen molar-refractivity contribution in [3.63, 3.8) is 0 Å². The number of anilines is 1. The molecule has 3 rings (SSSR count). The summed E-state index contributed by atoms with van der Waals surface area (Å²) in [6.45, 7) is 0.972. The number of hydrogen-bond donors (Lipinski definition) is 1. The molecule has 1 atom stereocenters. The number of nitrogens with zero attached hydrogens (tertiary/aromatic N) is 2. The third-order valence-corrected chi connectivity index (χ3v) is 4.52. The minimum Gasteiger partial charge on any atom is -0.480 e. The summed E-state index contributed by atoms with van der Waals surface area (Å²) in [4.78, 5) is 15.6. The molecule has 0 radical (unpaired) electrons. The van der Waals surface area contributed by atoms with Gasteiger partial charge in [0.1, 0.15) is 11.9 Å². The molecule has 1 aliphatic heterocycles. The molecule has 1 heterocycles. The van der Waals surface area contributed by atoms with Gasteiger partial charge in [-0.05, 0) is 47.4 Å². The largest absolute Gasteiger partial charge is 0.480 e. The summed E-state index contributed by atoms with van der Waals surface area (Å²) >= 11 is 0. The van der Waals surface area contributed by atoms with Crippen LogP contribution >= 0.6 is 0 Å². The van der Waals surface area contributed by atoms with Gasteiger partial charge in [-0.25, -0.2) is 4.39 Å². The quantitative estimate of drug-likeness (QED) is 0.937. The highest BCUT2D eigenvalue weighted by atomic mass is 19.1. The molecule has 2 aromatic carbocycles. The normalized spacial score (nSPS) is 17.4. The molecule has 24 heavy (non-hydrogen) atoms. The fraction of sp³-hybridized carbons (Fsp3) is 0.316. The van der Waals surface area contributed by atoms with Crippen LogP contribution in [0.5, 0.6) is 0 Å². The van der Waals surface area contributed by atoms with Crippen molar-refractivity contribution in [1.82, 2.24) is 4.90 Å². The molecule has 0 amide bonds. The molecule has 4 nitrogen and oxygen atoms in total. The number of benzene rings is 2. The number of carboxylic acid groups (broad SMARTS) is 1. The van der Waals surface area contributed by atoms with Crippen molar-refractivity contribution < 1.29 is 14.3 Å². The molecule has 1 N–H and O–H groups in total. The van der Waals surface area contributed by atoms with Crippen LogP contribution in [0.4, 0.5) is 10.1 Å². The molecule has 1 aliphatic rings. The fourth-order valence-electron chi connectivity index (χ4n) is 3.15. The van der Waals surface area contributed by atoms with Gasteiger partial charge in [0.15, 0.2) is 0 Å². The molecule has 0 fully saturated rings. The second kappa shape index (κ2) is 6.61. The smallest absolute Gasteiger partial charge is 0.321 e. The Morgan fingerprint density at radius 3 is 2.54 bits per heavy atom. The first-order chi connectivity index (χ1) is 11.4. The first-order valence-electron chi connectivity index (χ1n) is 7.94. The highest BCUT2D eigenvalue weighted by molar-refractivity contribution is 5.74. The van der Waals surface area contributed by atoms with Crippen LogP contribution in [-0.4, -0.2) is 36.1 Å². The van der Waals surface area contributed by atoms with Crippen molar-refractivity contribution in [2.45, 2.75) is 25.6 Å². The lowest BCUT2D eigenvalue weighted by atomic mass is 9.93. The van der Waals surface area contributed by atoms with Crippen molar-refractivity contribution in [2.24, 2.45) is 0 Å². The number of aliphatic carboxylic acids is 1. The van der Waals surface area contributed by atoms with E-state index in [0.717, 1.165) is 22.4 Å². The third-order valence-electron chi connectivity index (χ3n) is 4.52. The van der Waals surface area contributed by atoms with Crippen molar-refractivity contribution in [2.75, 3.05) is 19.0 Å². The van der Waals surface area contributed by atoms with Crippen molar-refractivity contribution in [1.29, 1.82) is 0 Å². The minimum absolute atomic E-state index is 0.280. The van der Waals surface area contributed by atoms with Gasteiger partial charge in [0.05, 0.1) is 0 Å². The minimum atomic E-state index is -0.838. The predicted molar refractivity (Wildman–Crippen MR) is 91.5 cm³/mol. The summed E-state index contributed by atoms with van der Waals surface area (Å²) in [6.07, 6.45) is 0.404. The van der Waals surface area contributed by atoms with Crippen molar-refractivity contribution in [3.8, 4) is 0 Å². The number of carbonyl (C=O) groups is 1. The topological polar surface area (TPSA) is 43.8 Å². The van der Waals surface area contributed by atoms with Crippen LogP contribution in [-0.2, 0) is 24.3 Å². The van der Waals surface area contributed by atoms with E-state index < -0.39 is 12.0 Å². The second-order valence-corrected chi connectivity index (χ2v) is 6.44. The zero-order chi connectivity index (χ0) is 17.3. The molecule has 0 bridgehead atoms. The maximum absolute atomic E-state index is 13.5. The fourth-order valence-corrected chi connectivity index (χ4v) is 3.15. The molecule has 0 spiro atoms. The van der Waals surface area contributed by atoms with E-state index in [0.29, 0.717) is 19.5 Å². The van der Waals surface area contributed by atoms with Gasteiger partial charge in [0, 0.05) is 32.9 Å². The number of carboxylic acids is 1. The lowest BCUT2D eigenvalue weighted by molar-refractivity contribution is -0.144. The van der Waals surface area contributed by atoms with Gasteiger partial charge in [0.2, 0.25) is 0 Å². The van der Waals surface area contributed by atoms with E-state index in [1.54, 1.807) is 6.07 Å². The van der Waals surface area contributed by atoms with E-state index in [4.69, 9.17) is 0 Å². The van der Waals surface area contributed by atoms with Crippen LogP contribution in [0.1, 0.15) is 16.7 Å². The Balaban J connectivity index is 1.83. The lowest BCUT2D eigenvalue weighted by Crippen LogP contribution is -2.45. The van der Waals surface area contributed by atoms with E-state index >= 15 is 0 Å². The third kappa shape index (κ3) is 3.41. The summed E-state index contributed by atoms with van der Waals surface area (Å²) in [5.74, 6) is -1.12. The van der Waals surface area contributed by atoms with Crippen LogP contribution in [0.3, 0.4) is 0 Å². The first kappa shape index (κ1) is 16.5. The second-order valence-electron chi connectivity index (χ2n) is 6.44.